The Labute approximate surface area is 251 Å². The molecule has 6 heteroatoms. The lowest BCUT2D eigenvalue weighted by molar-refractivity contribution is -0.137. The smallest absolute Gasteiger partial charge is 0.343 e. The fourth-order valence-corrected chi connectivity index (χ4v) is 4.53. The molecule has 0 bridgehead atoms. The van der Waals surface area contributed by atoms with E-state index in [1.54, 1.807) is 24.3 Å². The van der Waals surface area contributed by atoms with Gasteiger partial charge in [0.2, 0.25) is 0 Å². The third-order valence-corrected chi connectivity index (χ3v) is 7.06. The summed E-state index contributed by atoms with van der Waals surface area (Å²) in [6, 6.07) is 18.7. The van der Waals surface area contributed by atoms with Gasteiger partial charge in [-0.25, -0.2) is 9.59 Å². The van der Waals surface area contributed by atoms with Crippen molar-refractivity contribution in [3.05, 3.63) is 90.6 Å². The van der Waals surface area contributed by atoms with Gasteiger partial charge in [-0.15, -0.1) is 0 Å². The molecule has 0 amide bonds. The van der Waals surface area contributed by atoms with Crippen molar-refractivity contribution < 1.29 is 23.8 Å². The second-order valence-electron chi connectivity index (χ2n) is 10.5. The highest BCUT2D eigenvalue weighted by molar-refractivity contribution is 5.91. The topological polar surface area (TPSA) is 74.7 Å². The van der Waals surface area contributed by atoms with E-state index in [0.717, 1.165) is 49.1 Å². The number of carbonyl (C=O) groups is 2. The summed E-state index contributed by atoms with van der Waals surface area (Å²) < 4.78 is 16.4. The number of carbonyl (C=O) groups excluding carboxylic acids is 2. The van der Waals surface area contributed by atoms with E-state index in [1.165, 1.54) is 56.6 Å². The van der Waals surface area contributed by atoms with Crippen LogP contribution in [0.25, 0.3) is 11.3 Å². The van der Waals surface area contributed by atoms with Crippen molar-refractivity contribution in [3.63, 3.8) is 0 Å². The first-order valence-corrected chi connectivity index (χ1v) is 15.4. The van der Waals surface area contributed by atoms with E-state index in [0.29, 0.717) is 24.5 Å². The summed E-state index contributed by atoms with van der Waals surface area (Å²) in [4.78, 5) is 28.2. The minimum absolute atomic E-state index is 0.341. The number of nitrogens with zero attached hydrogens (tertiary/aromatic N) is 1. The van der Waals surface area contributed by atoms with E-state index in [2.05, 4.69) is 24.6 Å². The van der Waals surface area contributed by atoms with Gasteiger partial charge in [0.15, 0.2) is 0 Å². The van der Waals surface area contributed by atoms with E-state index < -0.39 is 5.97 Å². The molecule has 2 aromatic carbocycles. The molecular weight excluding hydrogens is 526 g/mol. The molecule has 0 fully saturated rings. The zero-order valence-corrected chi connectivity index (χ0v) is 25.0. The lowest BCUT2D eigenvalue weighted by Crippen LogP contribution is -2.08. The molecule has 0 saturated carbocycles. The Kier molecular flexibility index (Phi) is 14.9. The molecule has 6 nitrogen and oxygen atoms in total. The van der Waals surface area contributed by atoms with Crippen molar-refractivity contribution in [3.8, 4) is 22.8 Å². The van der Waals surface area contributed by atoms with Crippen LogP contribution in [0.1, 0.15) is 93.5 Å². The molecule has 0 unspecified atom stereocenters. The third-order valence-electron chi connectivity index (χ3n) is 7.06. The number of esters is 2. The van der Waals surface area contributed by atoms with Crippen LogP contribution in [0.3, 0.4) is 0 Å². The number of ether oxygens (including phenoxy) is 3. The van der Waals surface area contributed by atoms with Crippen molar-refractivity contribution in [1.29, 1.82) is 0 Å². The largest absolute Gasteiger partial charge is 0.494 e. The van der Waals surface area contributed by atoms with Gasteiger partial charge in [-0.3, -0.25) is 4.98 Å². The van der Waals surface area contributed by atoms with Crippen LogP contribution in [0.5, 0.6) is 11.5 Å². The predicted octanol–water partition coefficient (Wildman–Crippen LogP) is 8.93. The number of hydrogen-bond acceptors (Lipinski definition) is 6. The Morgan fingerprint density at radius 3 is 1.95 bits per heavy atom. The minimum atomic E-state index is -0.399. The van der Waals surface area contributed by atoms with Crippen molar-refractivity contribution in [1.82, 2.24) is 4.98 Å². The molecule has 3 rings (SSSR count). The molecule has 0 saturated heterocycles. The van der Waals surface area contributed by atoms with E-state index in [4.69, 9.17) is 14.2 Å². The van der Waals surface area contributed by atoms with Crippen LogP contribution in [-0.2, 0) is 16.0 Å². The summed E-state index contributed by atoms with van der Waals surface area (Å²) in [6.45, 7) is 6.72. The van der Waals surface area contributed by atoms with Crippen LogP contribution in [0.15, 0.2) is 79.5 Å². The number of pyridine rings is 1. The van der Waals surface area contributed by atoms with E-state index in [9.17, 15) is 9.59 Å². The Morgan fingerprint density at radius 1 is 0.738 bits per heavy atom. The summed E-state index contributed by atoms with van der Waals surface area (Å²) in [5.41, 5.74) is 3.61. The number of rotatable bonds is 20. The van der Waals surface area contributed by atoms with Gasteiger partial charge in [0.05, 0.1) is 24.5 Å². The highest BCUT2D eigenvalue weighted by Crippen LogP contribution is 2.22. The molecule has 0 aliphatic carbocycles. The number of unbranched alkanes of at least 4 members (excludes halogenated alkanes) is 9. The molecule has 1 heterocycles. The molecule has 0 spiro atoms. The van der Waals surface area contributed by atoms with Crippen LogP contribution < -0.4 is 9.47 Å². The molecular formula is C36H45NO5. The average Bonchev–Trinajstić information content (AvgIpc) is 3.03. The fraction of sp³-hybridized carbons (Fsp3) is 0.417. The maximum Gasteiger partial charge on any atom is 0.343 e. The first kappa shape index (κ1) is 32.6. The Bertz CT molecular complexity index is 1200. The van der Waals surface area contributed by atoms with Crippen LogP contribution in [0.4, 0.5) is 0 Å². The van der Waals surface area contributed by atoms with Crippen molar-refractivity contribution in [2.24, 2.45) is 0 Å². The normalized spacial score (nSPS) is 10.7. The van der Waals surface area contributed by atoms with Crippen molar-refractivity contribution in [2.75, 3.05) is 13.2 Å². The van der Waals surface area contributed by atoms with Gasteiger partial charge < -0.3 is 14.2 Å². The second kappa shape index (κ2) is 19.2. The summed E-state index contributed by atoms with van der Waals surface area (Å²) >= 11 is 0. The summed E-state index contributed by atoms with van der Waals surface area (Å²) in [5, 5.41) is 0. The highest BCUT2D eigenvalue weighted by Gasteiger charge is 2.10. The van der Waals surface area contributed by atoms with E-state index in [1.807, 2.05) is 36.5 Å². The van der Waals surface area contributed by atoms with Crippen molar-refractivity contribution in [2.45, 2.75) is 84.0 Å². The Hall–Kier alpha value is -3.93. The molecule has 0 N–H and O–H groups in total. The lowest BCUT2D eigenvalue weighted by atomic mass is 10.1. The van der Waals surface area contributed by atoms with E-state index >= 15 is 0 Å². The van der Waals surface area contributed by atoms with Gasteiger partial charge >= 0.3 is 11.9 Å². The third kappa shape index (κ3) is 12.3. The first-order valence-electron chi connectivity index (χ1n) is 15.4. The number of aryl methyl sites for hydroxylation is 1. The molecule has 3 aromatic rings. The lowest BCUT2D eigenvalue weighted by Gasteiger charge is -2.08. The molecule has 42 heavy (non-hydrogen) atoms. The fourth-order valence-electron chi connectivity index (χ4n) is 4.53. The average molecular weight is 572 g/mol. The maximum atomic E-state index is 12.6. The number of hydrogen-bond donors (Lipinski definition) is 0. The summed E-state index contributed by atoms with van der Waals surface area (Å²) in [7, 11) is 0. The van der Waals surface area contributed by atoms with Gasteiger partial charge in [-0.2, -0.15) is 0 Å². The Morgan fingerprint density at radius 2 is 1.36 bits per heavy atom. The van der Waals surface area contributed by atoms with Gasteiger partial charge in [-0.05, 0) is 85.8 Å². The molecule has 0 aliphatic heterocycles. The SMILES string of the molecule is C=CC(=O)OCCCCCCCCCCCOc1ccc(C(=O)Oc2ccc(-c3ccc(CCCC)cn3)cc2)cc1. The number of benzene rings is 2. The van der Waals surface area contributed by atoms with Gasteiger partial charge in [0, 0.05) is 17.8 Å². The zero-order chi connectivity index (χ0) is 29.8. The van der Waals surface area contributed by atoms with Crippen LogP contribution in [0, 0.1) is 0 Å². The molecule has 1 aromatic heterocycles. The van der Waals surface area contributed by atoms with Crippen molar-refractivity contribution >= 4 is 11.9 Å². The predicted molar refractivity (Wildman–Crippen MR) is 168 cm³/mol. The minimum Gasteiger partial charge on any atom is -0.494 e. The zero-order valence-electron chi connectivity index (χ0n) is 25.0. The maximum absolute atomic E-state index is 12.6. The molecule has 224 valence electrons. The van der Waals surface area contributed by atoms with Crippen LogP contribution in [-0.4, -0.2) is 30.1 Å². The molecule has 0 atom stereocenters. The second-order valence-corrected chi connectivity index (χ2v) is 10.5. The Balaban J connectivity index is 1.27. The van der Waals surface area contributed by atoms with Gasteiger partial charge in [-0.1, -0.05) is 70.9 Å². The summed E-state index contributed by atoms with van der Waals surface area (Å²) in [5.74, 6) is 0.508. The summed E-state index contributed by atoms with van der Waals surface area (Å²) in [6.07, 6.45) is 16.7. The van der Waals surface area contributed by atoms with Crippen LogP contribution in [0.2, 0.25) is 0 Å². The number of aromatic nitrogens is 1. The van der Waals surface area contributed by atoms with Crippen LogP contribution >= 0.6 is 0 Å². The van der Waals surface area contributed by atoms with Gasteiger partial charge in [0.25, 0.3) is 0 Å². The first-order chi connectivity index (χ1) is 20.6. The highest BCUT2D eigenvalue weighted by atomic mass is 16.5. The molecule has 0 aliphatic rings. The quantitative estimate of drug-likeness (QED) is 0.0583. The monoisotopic (exact) mass is 571 g/mol. The van der Waals surface area contributed by atoms with E-state index in [-0.39, 0.29) is 5.97 Å². The van der Waals surface area contributed by atoms with Gasteiger partial charge in [0.1, 0.15) is 11.5 Å². The standard InChI is InChI=1S/C36H45NO5/c1-3-5-15-29-16-25-34(37-28-29)30-17-23-33(24-18-30)42-36(39)31-19-21-32(22-20-31)40-26-13-11-9-7-6-8-10-12-14-27-41-35(38)4-2/h4,16-25,28H,2-3,5-15,26-27H2,1H3. The molecule has 0 radical (unpaired) electrons.